The van der Waals surface area contributed by atoms with Crippen LogP contribution in [0.15, 0.2) is 18.2 Å². The third-order valence-electron chi connectivity index (χ3n) is 1.35. The number of hydrogen-bond donors (Lipinski definition) is 1. The number of benzene rings is 1. The second-order valence-corrected chi connectivity index (χ2v) is 2.17. The minimum absolute atomic E-state index is 0.302. The van der Waals surface area contributed by atoms with Gasteiger partial charge >= 0.3 is 0 Å². The SMILES string of the molecule is [2H]c1cc(C)c(O)c(C)c1. The number of para-hydroxylation sites is 1. The molecule has 0 spiro atoms. The first kappa shape index (κ1) is 4.86. The number of aryl methyl sites for hydroxylation is 2. The Hall–Kier alpha value is -0.980. The highest BCUT2D eigenvalue weighted by molar-refractivity contribution is 5.37. The van der Waals surface area contributed by atoms with Crippen molar-refractivity contribution >= 4 is 0 Å². The molecule has 0 saturated heterocycles. The molecule has 0 aliphatic rings. The number of hydrogen-bond acceptors (Lipinski definition) is 1. The number of phenols is 1. The van der Waals surface area contributed by atoms with Crippen molar-refractivity contribution in [2.45, 2.75) is 13.8 Å². The standard InChI is InChI=1S/C8H10O/c1-6-4-3-5-7(2)8(6)9/h3-5,9H,1-2H3/i3D. The maximum atomic E-state index is 9.25. The van der Waals surface area contributed by atoms with Gasteiger partial charge in [-0.1, -0.05) is 18.2 Å². The van der Waals surface area contributed by atoms with Gasteiger partial charge in [0, 0.05) is 0 Å². The monoisotopic (exact) mass is 123 g/mol. The van der Waals surface area contributed by atoms with Crippen molar-refractivity contribution in [2.24, 2.45) is 0 Å². The molecule has 1 N–H and O–H groups in total. The minimum atomic E-state index is 0.302. The molecule has 1 rings (SSSR count). The first-order valence-electron chi connectivity index (χ1n) is 3.38. The topological polar surface area (TPSA) is 20.2 Å². The summed E-state index contributed by atoms with van der Waals surface area (Å²) in [6.45, 7) is 3.58. The van der Waals surface area contributed by atoms with Crippen molar-refractivity contribution in [1.29, 1.82) is 0 Å². The molecule has 1 heteroatoms. The summed E-state index contributed by atoms with van der Waals surface area (Å²) < 4.78 is 7.26. The van der Waals surface area contributed by atoms with Gasteiger partial charge in [0.1, 0.15) is 5.75 Å². The molecule has 0 aliphatic heterocycles. The van der Waals surface area contributed by atoms with E-state index in [1.165, 1.54) is 0 Å². The summed E-state index contributed by atoms with van der Waals surface area (Å²) in [5, 5.41) is 9.25. The van der Waals surface area contributed by atoms with Crippen LogP contribution in [0.25, 0.3) is 0 Å². The van der Waals surface area contributed by atoms with E-state index in [1.807, 2.05) is 0 Å². The van der Waals surface area contributed by atoms with Gasteiger partial charge in [-0.2, -0.15) is 0 Å². The number of rotatable bonds is 0. The molecule has 0 saturated carbocycles. The Morgan fingerprint density at radius 1 is 1.33 bits per heavy atom. The lowest BCUT2D eigenvalue weighted by Gasteiger charge is -1.99. The Balaban J connectivity index is 3.31. The Morgan fingerprint density at radius 2 is 1.78 bits per heavy atom. The largest absolute Gasteiger partial charge is 0.507 e. The van der Waals surface area contributed by atoms with Gasteiger partial charge < -0.3 is 5.11 Å². The van der Waals surface area contributed by atoms with Gasteiger partial charge in [-0.15, -0.1) is 0 Å². The van der Waals surface area contributed by atoms with Gasteiger partial charge in [0.15, 0.2) is 0 Å². The molecule has 0 radical (unpaired) electrons. The smallest absolute Gasteiger partial charge is 0.121 e. The highest BCUT2D eigenvalue weighted by atomic mass is 16.3. The molecule has 1 nitrogen and oxygen atoms in total. The van der Waals surface area contributed by atoms with E-state index < -0.39 is 0 Å². The van der Waals surface area contributed by atoms with Crippen LogP contribution in [0.4, 0.5) is 0 Å². The zero-order valence-corrected chi connectivity index (χ0v) is 5.60. The maximum absolute atomic E-state index is 9.25. The molecule has 0 unspecified atom stereocenters. The van der Waals surface area contributed by atoms with E-state index in [0.717, 1.165) is 11.1 Å². The van der Waals surface area contributed by atoms with Crippen LogP contribution < -0.4 is 0 Å². The summed E-state index contributed by atoms with van der Waals surface area (Å²) in [6, 6.07) is 3.73. The molecule has 1 aromatic carbocycles. The fourth-order valence-electron chi connectivity index (χ4n) is 0.739. The summed E-state index contributed by atoms with van der Waals surface area (Å²) in [7, 11) is 0. The predicted octanol–water partition coefficient (Wildman–Crippen LogP) is 2.01. The average Bonchev–Trinajstić information content (AvgIpc) is 1.82. The van der Waals surface area contributed by atoms with Crippen LogP contribution in [0.2, 0.25) is 0 Å². The van der Waals surface area contributed by atoms with Crippen molar-refractivity contribution in [3.8, 4) is 5.75 Å². The second-order valence-electron chi connectivity index (χ2n) is 2.17. The molecule has 0 aliphatic carbocycles. The van der Waals surface area contributed by atoms with Gasteiger partial charge in [0.05, 0.1) is 1.37 Å². The van der Waals surface area contributed by atoms with E-state index in [9.17, 15) is 5.11 Å². The molecular weight excluding hydrogens is 112 g/mol. The van der Waals surface area contributed by atoms with Crippen molar-refractivity contribution in [3.63, 3.8) is 0 Å². The molecule has 0 atom stereocenters. The van der Waals surface area contributed by atoms with Crippen LogP contribution in [-0.2, 0) is 0 Å². The quantitative estimate of drug-likeness (QED) is 0.559. The van der Waals surface area contributed by atoms with Crippen LogP contribution in [0, 0.1) is 13.8 Å². The number of aromatic hydroxyl groups is 1. The average molecular weight is 123 g/mol. The fourth-order valence-corrected chi connectivity index (χ4v) is 0.739. The Morgan fingerprint density at radius 3 is 2.22 bits per heavy atom. The summed E-state index contributed by atoms with van der Waals surface area (Å²) in [6.07, 6.45) is 0. The van der Waals surface area contributed by atoms with E-state index >= 15 is 0 Å². The molecule has 0 bridgehead atoms. The fraction of sp³-hybridized carbons (Fsp3) is 0.250. The van der Waals surface area contributed by atoms with Crippen LogP contribution >= 0.6 is 0 Å². The highest BCUT2D eigenvalue weighted by Crippen LogP contribution is 2.19. The Labute approximate surface area is 56.4 Å². The maximum Gasteiger partial charge on any atom is 0.121 e. The molecule has 0 aromatic heterocycles. The van der Waals surface area contributed by atoms with E-state index in [0.29, 0.717) is 11.8 Å². The van der Waals surface area contributed by atoms with Gasteiger partial charge in [-0.25, -0.2) is 0 Å². The molecule has 0 amide bonds. The van der Waals surface area contributed by atoms with Gasteiger partial charge in [0.25, 0.3) is 0 Å². The zero-order chi connectivity index (χ0) is 7.72. The Kier molecular flexibility index (Phi) is 1.13. The van der Waals surface area contributed by atoms with E-state index in [1.54, 1.807) is 26.0 Å². The summed E-state index contributed by atoms with van der Waals surface area (Å²) in [5.41, 5.74) is 1.54. The zero-order valence-electron chi connectivity index (χ0n) is 6.60. The molecule has 1 aromatic rings. The minimum Gasteiger partial charge on any atom is -0.507 e. The van der Waals surface area contributed by atoms with Crippen LogP contribution in [0.5, 0.6) is 5.75 Å². The molecule has 48 valence electrons. The molecule has 0 fully saturated rings. The van der Waals surface area contributed by atoms with Gasteiger partial charge in [-0.3, -0.25) is 0 Å². The van der Waals surface area contributed by atoms with E-state index in [-0.39, 0.29) is 0 Å². The molecule has 0 heterocycles. The summed E-state index contributed by atoms with van der Waals surface area (Å²) in [5.74, 6) is 0.302. The van der Waals surface area contributed by atoms with Crippen LogP contribution in [0.3, 0.4) is 0 Å². The van der Waals surface area contributed by atoms with Gasteiger partial charge in [0.2, 0.25) is 0 Å². The second kappa shape index (κ2) is 2.09. The van der Waals surface area contributed by atoms with Gasteiger partial charge in [-0.05, 0) is 25.0 Å². The molecule has 9 heavy (non-hydrogen) atoms. The highest BCUT2D eigenvalue weighted by Gasteiger charge is 1.95. The number of phenolic OH excluding ortho intramolecular Hbond substituents is 1. The molecular formula is C8H10O. The Bertz CT molecular complexity index is 232. The lowest BCUT2D eigenvalue weighted by molar-refractivity contribution is 0.467. The first-order chi connectivity index (χ1) is 4.61. The van der Waals surface area contributed by atoms with E-state index in [4.69, 9.17) is 1.37 Å². The van der Waals surface area contributed by atoms with Crippen molar-refractivity contribution < 1.29 is 6.48 Å². The van der Waals surface area contributed by atoms with Crippen LogP contribution in [0.1, 0.15) is 12.5 Å². The van der Waals surface area contributed by atoms with Crippen LogP contribution in [-0.4, -0.2) is 5.11 Å². The lowest BCUT2D eigenvalue weighted by Crippen LogP contribution is -1.76. The first-order valence-corrected chi connectivity index (χ1v) is 2.88. The lowest BCUT2D eigenvalue weighted by atomic mass is 10.1. The van der Waals surface area contributed by atoms with Crippen molar-refractivity contribution in [2.75, 3.05) is 0 Å². The summed E-state index contributed by atoms with van der Waals surface area (Å²) >= 11 is 0. The van der Waals surface area contributed by atoms with Crippen molar-refractivity contribution in [3.05, 3.63) is 29.3 Å². The normalized spacial score (nSPS) is 11.1. The summed E-state index contributed by atoms with van der Waals surface area (Å²) in [4.78, 5) is 0. The third-order valence-corrected chi connectivity index (χ3v) is 1.35. The predicted molar refractivity (Wildman–Crippen MR) is 37.6 cm³/mol. The van der Waals surface area contributed by atoms with E-state index in [2.05, 4.69) is 0 Å². The third kappa shape index (κ3) is 1.04. The van der Waals surface area contributed by atoms with Crippen molar-refractivity contribution in [1.82, 2.24) is 0 Å².